The predicted molar refractivity (Wildman–Crippen MR) is 61.8 cm³/mol. The lowest BCUT2D eigenvalue weighted by Gasteiger charge is -2.15. The number of imidazole rings is 1. The number of rotatable bonds is 1. The van der Waals surface area contributed by atoms with Crippen LogP contribution in [0.4, 0.5) is 0 Å². The molecule has 2 heterocycles. The maximum atomic E-state index is 4.49. The number of aromatic amines is 1. The van der Waals surface area contributed by atoms with Gasteiger partial charge in [0, 0.05) is 12.1 Å². The van der Waals surface area contributed by atoms with Gasteiger partial charge in [0.05, 0.1) is 5.52 Å². The highest BCUT2D eigenvalue weighted by atomic mass is 15.0. The van der Waals surface area contributed by atoms with Gasteiger partial charge in [-0.25, -0.2) is 9.97 Å². The zero-order chi connectivity index (χ0) is 11.1. The van der Waals surface area contributed by atoms with Crippen LogP contribution >= 0.6 is 0 Å². The van der Waals surface area contributed by atoms with E-state index in [1.807, 2.05) is 19.1 Å². The molecule has 0 saturated heterocycles. The van der Waals surface area contributed by atoms with E-state index in [4.69, 9.17) is 0 Å². The lowest BCUT2D eigenvalue weighted by molar-refractivity contribution is 0.402. The molecule has 3 nitrogen and oxygen atoms in total. The summed E-state index contributed by atoms with van der Waals surface area (Å²) in [6.07, 6.45) is 0.947. The molecule has 0 amide bonds. The molecule has 0 atom stereocenters. The third-order valence-corrected chi connectivity index (χ3v) is 2.23. The van der Waals surface area contributed by atoms with Crippen LogP contribution in [0.25, 0.3) is 11.2 Å². The summed E-state index contributed by atoms with van der Waals surface area (Å²) in [5.41, 5.74) is 3.12. The molecule has 0 fully saturated rings. The fourth-order valence-corrected chi connectivity index (χ4v) is 1.62. The summed E-state index contributed by atoms with van der Waals surface area (Å²) in [7, 11) is 0. The van der Waals surface area contributed by atoms with Gasteiger partial charge in [-0.05, 0) is 24.5 Å². The molecule has 0 spiro atoms. The van der Waals surface area contributed by atoms with Crippen molar-refractivity contribution in [1.29, 1.82) is 0 Å². The Balaban J connectivity index is 2.39. The number of hydrogen-bond donors (Lipinski definition) is 1. The van der Waals surface area contributed by atoms with Crippen molar-refractivity contribution in [2.75, 3.05) is 0 Å². The molecule has 0 radical (unpaired) electrons. The smallest absolute Gasteiger partial charge is 0.177 e. The van der Waals surface area contributed by atoms with Gasteiger partial charge in [0.1, 0.15) is 5.82 Å². The molecule has 1 N–H and O–H groups in total. The van der Waals surface area contributed by atoms with Gasteiger partial charge in [0.15, 0.2) is 5.65 Å². The number of aromatic nitrogens is 3. The van der Waals surface area contributed by atoms with E-state index < -0.39 is 0 Å². The van der Waals surface area contributed by atoms with Crippen molar-refractivity contribution in [2.45, 2.75) is 34.1 Å². The van der Waals surface area contributed by atoms with Crippen LogP contribution in [0.2, 0.25) is 0 Å². The highest BCUT2D eigenvalue weighted by molar-refractivity contribution is 5.70. The van der Waals surface area contributed by atoms with E-state index in [0.29, 0.717) is 0 Å². The number of nitrogens with one attached hydrogen (secondary N) is 1. The lowest BCUT2D eigenvalue weighted by Crippen LogP contribution is -2.10. The average molecular weight is 203 g/mol. The largest absolute Gasteiger partial charge is 0.341 e. The second-order valence-electron chi connectivity index (χ2n) is 5.24. The van der Waals surface area contributed by atoms with Crippen molar-refractivity contribution < 1.29 is 0 Å². The quantitative estimate of drug-likeness (QED) is 0.774. The molecule has 3 heteroatoms. The van der Waals surface area contributed by atoms with Crippen LogP contribution in [0, 0.1) is 12.3 Å². The van der Waals surface area contributed by atoms with Crippen LogP contribution in [-0.2, 0) is 6.42 Å². The first kappa shape index (κ1) is 10.1. The number of pyridine rings is 1. The number of fused-ring (bicyclic) bond motifs is 1. The molecule has 0 aliphatic rings. The number of aryl methyl sites for hydroxylation is 1. The fourth-order valence-electron chi connectivity index (χ4n) is 1.62. The summed E-state index contributed by atoms with van der Waals surface area (Å²) in [6, 6.07) is 4.04. The molecule has 0 unspecified atom stereocenters. The molecule has 2 aromatic rings. The highest BCUT2D eigenvalue weighted by Gasteiger charge is 2.14. The summed E-state index contributed by atoms with van der Waals surface area (Å²) in [4.78, 5) is 12.2. The molecule has 0 aromatic carbocycles. The minimum atomic E-state index is 0.253. The Morgan fingerprint density at radius 3 is 2.60 bits per heavy atom. The first-order valence-corrected chi connectivity index (χ1v) is 5.26. The topological polar surface area (TPSA) is 41.6 Å². The molecule has 0 saturated carbocycles. The Morgan fingerprint density at radius 2 is 1.93 bits per heavy atom. The SMILES string of the molecule is Cc1ccc2[nH]c(CC(C)(C)C)nc2n1. The van der Waals surface area contributed by atoms with Crippen molar-refractivity contribution in [1.82, 2.24) is 15.0 Å². The lowest BCUT2D eigenvalue weighted by atomic mass is 9.92. The molecule has 80 valence electrons. The minimum Gasteiger partial charge on any atom is -0.341 e. The number of hydrogen-bond acceptors (Lipinski definition) is 2. The Labute approximate surface area is 90.0 Å². The van der Waals surface area contributed by atoms with Crippen molar-refractivity contribution in [3.05, 3.63) is 23.7 Å². The fraction of sp³-hybridized carbons (Fsp3) is 0.500. The third-order valence-electron chi connectivity index (χ3n) is 2.23. The Hall–Kier alpha value is -1.38. The van der Waals surface area contributed by atoms with E-state index in [1.165, 1.54) is 0 Å². The van der Waals surface area contributed by atoms with Crippen molar-refractivity contribution >= 4 is 11.2 Å². The summed E-state index contributed by atoms with van der Waals surface area (Å²) in [6.45, 7) is 8.61. The Morgan fingerprint density at radius 1 is 1.20 bits per heavy atom. The van der Waals surface area contributed by atoms with Gasteiger partial charge in [-0.2, -0.15) is 0 Å². The van der Waals surface area contributed by atoms with Crippen molar-refractivity contribution in [2.24, 2.45) is 5.41 Å². The Kier molecular flexibility index (Phi) is 2.25. The van der Waals surface area contributed by atoms with Gasteiger partial charge >= 0.3 is 0 Å². The first-order valence-electron chi connectivity index (χ1n) is 5.26. The molecule has 0 bridgehead atoms. The molecule has 15 heavy (non-hydrogen) atoms. The van der Waals surface area contributed by atoms with Gasteiger partial charge in [0.2, 0.25) is 0 Å². The number of H-pyrrole nitrogens is 1. The first-order chi connectivity index (χ1) is 6.94. The summed E-state index contributed by atoms with van der Waals surface area (Å²) in [5.74, 6) is 1.02. The van der Waals surface area contributed by atoms with Crippen LogP contribution in [0.5, 0.6) is 0 Å². The van der Waals surface area contributed by atoms with E-state index in [0.717, 1.165) is 29.1 Å². The van der Waals surface area contributed by atoms with Crippen LogP contribution in [-0.4, -0.2) is 15.0 Å². The third kappa shape index (κ3) is 2.35. The van der Waals surface area contributed by atoms with Crippen LogP contribution in [0.15, 0.2) is 12.1 Å². The van der Waals surface area contributed by atoms with E-state index in [1.54, 1.807) is 0 Å². The molecule has 0 aliphatic carbocycles. The Bertz CT molecular complexity index is 477. The van der Waals surface area contributed by atoms with Crippen LogP contribution < -0.4 is 0 Å². The molecule has 0 aliphatic heterocycles. The molecule has 2 aromatic heterocycles. The molecule has 2 rings (SSSR count). The van der Waals surface area contributed by atoms with Gasteiger partial charge in [0.25, 0.3) is 0 Å². The van der Waals surface area contributed by atoms with Gasteiger partial charge in [-0.3, -0.25) is 0 Å². The minimum absolute atomic E-state index is 0.253. The number of nitrogens with zero attached hydrogens (tertiary/aromatic N) is 2. The summed E-state index contributed by atoms with van der Waals surface area (Å²) < 4.78 is 0. The maximum Gasteiger partial charge on any atom is 0.177 e. The summed E-state index contributed by atoms with van der Waals surface area (Å²) >= 11 is 0. The molecular formula is C12H17N3. The van der Waals surface area contributed by atoms with E-state index in [2.05, 4.69) is 35.7 Å². The van der Waals surface area contributed by atoms with Gasteiger partial charge < -0.3 is 4.98 Å². The van der Waals surface area contributed by atoms with Crippen LogP contribution in [0.1, 0.15) is 32.3 Å². The maximum absolute atomic E-state index is 4.49. The normalized spacial score (nSPS) is 12.3. The van der Waals surface area contributed by atoms with E-state index in [-0.39, 0.29) is 5.41 Å². The van der Waals surface area contributed by atoms with Crippen molar-refractivity contribution in [3.8, 4) is 0 Å². The predicted octanol–water partition coefficient (Wildman–Crippen LogP) is 2.85. The van der Waals surface area contributed by atoms with E-state index in [9.17, 15) is 0 Å². The van der Waals surface area contributed by atoms with E-state index >= 15 is 0 Å². The van der Waals surface area contributed by atoms with Gasteiger partial charge in [-0.1, -0.05) is 20.8 Å². The van der Waals surface area contributed by atoms with Gasteiger partial charge in [-0.15, -0.1) is 0 Å². The zero-order valence-corrected chi connectivity index (χ0v) is 9.76. The zero-order valence-electron chi connectivity index (χ0n) is 9.76. The second-order valence-corrected chi connectivity index (χ2v) is 5.24. The second kappa shape index (κ2) is 3.33. The van der Waals surface area contributed by atoms with Crippen molar-refractivity contribution in [3.63, 3.8) is 0 Å². The van der Waals surface area contributed by atoms with Crippen LogP contribution in [0.3, 0.4) is 0 Å². The summed E-state index contributed by atoms with van der Waals surface area (Å²) in [5, 5.41) is 0. The highest BCUT2D eigenvalue weighted by Crippen LogP contribution is 2.20. The molecular weight excluding hydrogens is 186 g/mol. The standard InChI is InChI=1S/C12H17N3/c1-8-5-6-9-11(13-8)15-10(14-9)7-12(2,3)4/h5-6H,7H2,1-4H3,(H,13,14,15). The monoisotopic (exact) mass is 203 g/mol. The average Bonchev–Trinajstić information content (AvgIpc) is 2.42.